The number of fused-ring (bicyclic) bond motifs is 5. The van der Waals surface area contributed by atoms with Crippen molar-refractivity contribution in [2.24, 2.45) is 7.05 Å². The Bertz CT molecular complexity index is 704. The van der Waals surface area contributed by atoms with Gasteiger partial charge in [-0.3, -0.25) is 4.79 Å². The van der Waals surface area contributed by atoms with Crippen molar-refractivity contribution in [3.05, 3.63) is 40.2 Å². The molecule has 1 aromatic heterocycles. The zero-order valence-corrected chi connectivity index (χ0v) is 10.1. The maximum atomic E-state index is 12.4. The second-order valence-corrected chi connectivity index (χ2v) is 4.88. The summed E-state index contributed by atoms with van der Waals surface area (Å²) in [5.41, 5.74) is 1.74. The molecule has 0 amide bonds. The summed E-state index contributed by atoms with van der Waals surface area (Å²) in [4.78, 5) is 12.4. The third-order valence-electron chi connectivity index (χ3n) is 3.93. The number of benzene rings is 1. The zero-order valence-electron chi connectivity index (χ0n) is 10.1. The van der Waals surface area contributed by atoms with Crippen LogP contribution in [0.15, 0.2) is 29.1 Å². The standard InChI is InChI=1S/C14H13NO3/c1-15-10-5-3-2-4-8(10)12-11(13(15)16)9-6-7-17-14(9)18-12/h2-5,9,14H,6-7H2,1H3. The van der Waals surface area contributed by atoms with Crippen LogP contribution in [0.5, 0.6) is 5.75 Å². The monoisotopic (exact) mass is 243 g/mol. The SMILES string of the molecule is Cn1c(=O)c2c(c3ccccc31)OC1OCCC21. The van der Waals surface area contributed by atoms with Crippen molar-refractivity contribution in [2.45, 2.75) is 18.6 Å². The van der Waals surface area contributed by atoms with Crippen molar-refractivity contribution < 1.29 is 9.47 Å². The summed E-state index contributed by atoms with van der Waals surface area (Å²) in [5, 5.41) is 0.993. The molecule has 0 radical (unpaired) electrons. The normalized spacial score (nSPS) is 24.9. The molecule has 2 unspecified atom stereocenters. The molecule has 92 valence electrons. The number of aryl methyl sites for hydroxylation is 1. The van der Waals surface area contributed by atoms with Gasteiger partial charge in [0.25, 0.3) is 5.56 Å². The minimum atomic E-state index is -0.265. The molecule has 3 heterocycles. The summed E-state index contributed by atoms with van der Waals surface area (Å²) < 4.78 is 13.1. The van der Waals surface area contributed by atoms with Crippen LogP contribution < -0.4 is 10.3 Å². The number of hydrogen-bond acceptors (Lipinski definition) is 3. The van der Waals surface area contributed by atoms with E-state index < -0.39 is 0 Å². The van der Waals surface area contributed by atoms with Crippen molar-refractivity contribution in [2.75, 3.05) is 6.61 Å². The fraction of sp³-hybridized carbons (Fsp3) is 0.357. The highest BCUT2D eigenvalue weighted by Crippen LogP contribution is 2.45. The molecular formula is C14H13NO3. The average molecular weight is 243 g/mol. The van der Waals surface area contributed by atoms with Gasteiger partial charge in [0.2, 0.25) is 6.29 Å². The first-order valence-electron chi connectivity index (χ1n) is 6.17. The van der Waals surface area contributed by atoms with E-state index in [-0.39, 0.29) is 17.8 Å². The number of pyridine rings is 1. The molecule has 4 nitrogen and oxygen atoms in total. The highest BCUT2D eigenvalue weighted by Gasteiger charge is 2.42. The van der Waals surface area contributed by atoms with Gasteiger partial charge in [0, 0.05) is 12.4 Å². The quantitative estimate of drug-likeness (QED) is 0.708. The predicted molar refractivity (Wildman–Crippen MR) is 66.9 cm³/mol. The van der Waals surface area contributed by atoms with Gasteiger partial charge >= 0.3 is 0 Å². The third-order valence-corrected chi connectivity index (χ3v) is 3.93. The highest BCUT2D eigenvalue weighted by atomic mass is 16.7. The Kier molecular flexibility index (Phi) is 1.89. The van der Waals surface area contributed by atoms with Gasteiger partial charge in [-0.2, -0.15) is 0 Å². The van der Waals surface area contributed by atoms with Crippen LogP contribution in [0.1, 0.15) is 17.9 Å². The van der Waals surface area contributed by atoms with Crippen molar-refractivity contribution in [3.8, 4) is 5.75 Å². The molecule has 4 heteroatoms. The van der Waals surface area contributed by atoms with Gasteiger partial charge in [0.1, 0.15) is 5.75 Å². The van der Waals surface area contributed by atoms with Crippen molar-refractivity contribution >= 4 is 10.9 Å². The number of para-hydroxylation sites is 1. The lowest BCUT2D eigenvalue weighted by atomic mass is 9.98. The van der Waals surface area contributed by atoms with E-state index in [2.05, 4.69) is 0 Å². The molecule has 0 spiro atoms. The Morgan fingerprint density at radius 2 is 2.17 bits per heavy atom. The van der Waals surface area contributed by atoms with E-state index in [9.17, 15) is 4.79 Å². The summed E-state index contributed by atoms with van der Waals surface area (Å²) in [6.45, 7) is 0.671. The van der Waals surface area contributed by atoms with Crippen LogP contribution in [0.3, 0.4) is 0 Å². The van der Waals surface area contributed by atoms with Crippen LogP contribution in [0.4, 0.5) is 0 Å². The predicted octanol–water partition coefficient (Wildman–Crippen LogP) is 1.76. The van der Waals surface area contributed by atoms with Gasteiger partial charge in [-0.05, 0) is 18.6 Å². The molecule has 2 aliphatic heterocycles. The second kappa shape index (κ2) is 3.36. The van der Waals surface area contributed by atoms with E-state index in [1.54, 1.807) is 4.57 Å². The van der Waals surface area contributed by atoms with Crippen molar-refractivity contribution in [1.82, 2.24) is 4.57 Å². The maximum absolute atomic E-state index is 12.4. The molecule has 18 heavy (non-hydrogen) atoms. The van der Waals surface area contributed by atoms with E-state index in [0.717, 1.165) is 28.6 Å². The second-order valence-electron chi connectivity index (χ2n) is 4.88. The minimum absolute atomic E-state index is 0.0432. The van der Waals surface area contributed by atoms with Crippen LogP contribution >= 0.6 is 0 Å². The van der Waals surface area contributed by atoms with Crippen LogP contribution in [-0.2, 0) is 11.8 Å². The Labute approximate surface area is 104 Å². The highest BCUT2D eigenvalue weighted by molar-refractivity contribution is 5.87. The minimum Gasteiger partial charge on any atom is -0.463 e. The molecule has 1 saturated heterocycles. The first-order valence-corrected chi connectivity index (χ1v) is 6.17. The molecule has 0 bridgehead atoms. The first-order chi connectivity index (χ1) is 8.77. The van der Waals surface area contributed by atoms with E-state index in [1.807, 2.05) is 31.3 Å². The van der Waals surface area contributed by atoms with Gasteiger partial charge in [-0.15, -0.1) is 0 Å². The molecule has 2 atom stereocenters. The average Bonchev–Trinajstić information content (AvgIpc) is 2.96. The van der Waals surface area contributed by atoms with Gasteiger partial charge in [-0.25, -0.2) is 0 Å². The summed E-state index contributed by atoms with van der Waals surface area (Å²) >= 11 is 0. The molecule has 2 aromatic rings. The first kappa shape index (κ1) is 10.1. The lowest BCUT2D eigenvalue weighted by molar-refractivity contribution is -0.0330. The topological polar surface area (TPSA) is 40.5 Å². The fourth-order valence-corrected chi connectivity index (χ4v) is 3.02. The number of nitrogens with zero attached hydrogens (tertiary/aromatic N) is 1. The largest absolute Gasteiger partial charge is 0.463 e. The lowest BCUT2D eigenvalue weighted by Crippen LogP contribution is -2.22. The van der Waals surface area contributed by atoms with E-state index in [4.69, 9.17) is 9.47 Å². The molecule has 4 rings (SSSR count). The molecule has 1 fully saturated rings. The Hall–Kier alpha value is -1.81. The molecule has 0 N–H and O–H groups in total. The Balaban J connectivity index is 2.13. The third kappa shape index (κ3) is 1.11. The molecule has 1 aromatic carbocycles. The maximum Gasteiger partial charge on any atom is 0.258 e. The molecule has 0 saturated carbocycles. The number of aromatic nitrogens is 1. The number of ether oxygens (including phenoxy) is 2. The summed E-state index contributed by atoms with van der Waals surface area (Å²) in [7, 11) is 1.81. The smallest absolute Gasteiger partial charge is 0.258 e. The van der Waals surface area contributed by atoms with Crippen molar-refractivity contribution in [3.63, 3.8) is 0 Å². The van der Waals surface area contributed by atoms with Crippen LogP contribution in [0.2, 0.25) is 0 Å². The fourth-order valence-electron chi connectivity index (χ4n) is 3.02. The summed E-state index contributed by atoms with van der Waals surface area (Å²) in [6.07, 6.45) is 0.601. The van der Waals surface area contributed by atoms with Gasteiger partial charge in [-0.1, -0.05) is 12.1 Å². The van der Waals surface area contributed by atoms with Crippen LogP contribution in [-0.4, -0.2) is 17.5 Å². The van der Waals surface area contributed by atoms with Crippen LogP contribution in [0.25, 0.3) is 10.9 Å². The van der Waals surface area contributed by atoms with Crippen molar-refractivity contribution in [1.29, 1.82) is 0 Å². The Morgan fingerprint density at radius 1 is 1.33 bits per heavy atom. The van der Waals surface area contributed by atoms with E-state index in [0.29, 0.717) is 6.61 Å². The number of rotatable bonds is 0. The van der Waals surface area contributed by atoms with E-state index in [1.165, 1.54) is 0 Å². The Morgan fingerprint density at radius 3 is 3.06 bits per heavy atom. The lowest BCUT2D eigenvalue weighted by Gasteiger charge is -2.10. The van der Waals surface area contributed by atoms with E-state index >= 15 is 0 Å². The van der Waals surface area contributed by atoms with Crippen LogP contribution in [0, 0.1) is 0 Å². The van der Waals surface area contributed by atoms with Gasteiger partial charge < -0.3 is 14.0 Å². The zero-order chi connectivity index (χ0) is 12.3. The number of hydrogen-bond donors (Lipinski definition) is 0. The summed E-state index contributed by atoms with van der Waals surface area (Å²) in [5.74, 6) is 0.826. The summed E-state index contributed by atoms with van der Waals surface area (Å²) in [6, 6.07) is 7.83. The molecular weight excluding hydrogens is 230 g/mol. The van der Waals surface area contributed by atoms with Gasteiger partial charge in [0.05, 0.1) is 23.6 Å². The van der Waals surface area contributed by atoms with Gasteiger partial charge in [0.15, 0.2) is 0 Å². The molecule has 2 aliphatic rings. The molecule has 0 aliphatic carbocycles.